The zero-order chi connectivity index (χ0) is 10.3. The smallest absolute Gasteiger partial charge is 0.323 e. The van der Waals surface area contributed by atoms with Crippen LogP contribution in [0, 0.1) is 0 Å². The molecule has 15 heavy (non-hydrogen) atoms. The number of hydrogen-bond donors (Lipinski definition) is 2. The van der Waals surface area contributed by atoms with Crippen LogP contribution in [0.2, 0.25) is 0 Å². The monoisotopic (exact) mass is 203 g/mol. The SMILES string of the molecule is O=c1[nH]c2ccc(N3CCCC3)cc2[nH]1. The molecule has 0 radical (unpaired) electrons. The van der Waals surface area contributed by atoms with Gasteiger partial charge < -0.3 is 14.9 Å². The summed E-state index contributed by atoms with van der Waals surface area (Å²) < 4.78 is 0. The van der Waals surface area contributed by atoms with Crippen LogP contribution in [0.3, 0.4) is 0 Å². The fourth-order valence-corrected chi connectivity index (χ4v) is 2.19. The molecule has 0 saturated carbocycles. The molecular weight excluding hydrogens is 190 g/mol. The summed E-state index contributed by atoms with van der Waals surface area (Å²) in [6.07, 6.45) is 2.53. The molecule has 3 rings (SSSR count). The summed E-state index contributed by atoms with van der Waals surface area (Å²) >= 11 is 0. The Hall–Kier alpha value is -1.71. The minimum atomic E-state index is -0.136. The van der Waals surface area contributed by atoms with E-state index in [0.717, 1.165) is 24.1 Å². The number of rotatable bonds is 1. The lowest BCUT2D eigenvalue weighted by Crippen LogP contribution is -2.17. The molecule has 1 aliphatic rings. The van der Waals surface area contributed by atoms with Crippen LogP contribution in [-0.2, 0) is 0 Å². The summed E-state index contributed by atoms with van der Waals surface area (Å²) in [7, 11) is 0. The van der Waals surface area contributed by atoms with E-state index in [1.807, 2.05) is 12.1 Å². The highest BCUT2D eigenvalue weighted by molar-refractivity contribution is 5.79. The normalized spacial score (nSPS) is 16.4. The van der Waals surface area contributed by atoms with Crippen molar-refractivity contribution in [3.63, 3.8) is 0 Å². The number of imidazole rings is 1. The number of hydrogen-bond acceptors (Lipinski definition) is 2. The van der Waals surface area contributed by atoms with Gasteiger partial charge in [-0.1, -0.05) is 0 Å². The lowest BCUT2D eigenvalue weighted by molar-refractivity contribution is 0.949. The van der Waals surface area contributed by atoms with Crippen molar-refractivity contribution in [2.75, 3.05) is 18.0 Å². The van der Waals surface area contributed by atoms with Crippen LogP contribution in [0.4, 0.5) is 5.69 Å². The molecule has 1 saturated heterocycles. The minimum absolute atomic E-state index is 0.136. The molecular formula is C11H13N3O. The van der Waals surface area contributed by atoms with E-state index in [9.17, 15) is 4.79 Å². The average molecular weight is 203 g/mol. The predicted octanol–water partition coefficient (Wildman–Crippen LogP) is 1.46. The first-order chi connectivity index (χ1) is 7.33. The number of H-pyrrole nitrogens is 2. The lowest BCUT2D eigenvalue weighted by Gasteiger charge is -2.17. The van der Waals surface area contributed by atoms with Crippen LogP contribution in [0.15, 0.2) is 23.0 Å². The minimum Gasteiger partial charge on any atom is -0.371 e. The van der Waals surface area contributed by atoms with Gasteiger partial charge in [0.15, 0.2) is 0 Å². The van der Waals surface area contributed by atoms with Gasteiger partial charge in [0.05, 0.1) is 11.0 Å². The van der Waals surface area contributed by atoms with Gasteiger partial charge in [0, 0.05) is 18.8 Å². The first-order valence-corrected chi connectivity index (χ1v) is 5.30. The van der Waals surface area contributed by atoms with E-state index < -0.39 is 0 Å². The Balaban J connectivity index is 2.08. The van der Waals surface area contributed by atoms with Crippen molar-refractivity contribution in [3.8, 4) is 0 Å². The second-order valence-electron chi connectivity index (χ2n) is 4.00. The van der Waals surface area contributed by atoms with E-state index in [1.54, 1.807) is 0 Å². The van der Waals surface area contributed by atoms with E-state index in [2.05, 4.69) is 20.9 Å². The molecule has 2 heterocycles. The Morgan fingerprint density at radius 2 is 1.80 bits per heavy atom. The van der Waals surface area contributed by atoms with Gasteiger partial charge in [-0.25, -0.2) is 4.79 Å². The molecule has 1 aromatic carbocycles. The fourth-order valence-electron chi connectivity index (χ4n) is 2.19. The van der Waals surface area contributed by atoms with Gasteiger partial charge in [-0.2, -0.15) is 0 Å². The molecule has 78 valence electrons. The van der Waals surface area contributed by atoms with Crippen molar-refractivity contribution in [2.45, 2.75) is 12.8 Å². The summed E-state index contributed by atoms with van der Waals surface area (Å²) in [4.78, 5) is 19.0. The molecule has 0 aliphatic carbocycles. The van der Waals surface area contributed by atoms with Gasteiger partial charge in [0.2, 0.25) is 0 Å². The van der Waals surface area contributed by atoms with E-state index in [4.69, 9.17) is 0 Å². The third kappa shape index (κ3) is 1.42. The Kier molecular flexibility index (Phi) is 1.80. The van der Waals surface area contributed by atoms with Crippen molar-refractivity contribution in [3.05, 3.63) is 28.7 Å². The van der Waals surface area contributed by atoms with Crippen LogP contribution < -0.4 is 10.6 Å². The van der Waals surface area contributed by atoms with Gasteiger partial charge in [-0.15, -0.1) is 0 Å². The summed E-state index contributed by atoms with van der Waals surface area (Å²) in [6, 6.07) is 6.07. The van der Waals surface area contributed by atoms with Crippen molar-refractivity contribution in [1.29, 1.82) is 0 Å². The second-order valence-corrected chi connectivity index (χ2v) is 4.00. The number of benzene rings is 1. The first-order valence-electron chi connectivity index (χ1n) is 5.30. The standard InChI is InChI=1S/C11H13N3O/c15-11-12-9-4-3-8(7-10(9)13-11)14-5-1-2-6-14/h3-4,7H,1-2,5-6H2,(H2,12,13,15). The maximum Gasteiger partial charge on any atom is 0.323 e. The number of nitrogens with one attached hydrogen (secondary N) is 2. The van der Waals surface area contributed by atoms with E-state index in [0.29, 0.717) is 0 Å². The van der Waals surface area contributed by atoms with Crippen molar-refractivity contribution in [1.82, 2.24) is 9.97 Å². The average Bonchev–Trinajstić information content (AvgIpc) is 2.82. The van der Waals surface area contributed by atoms with Gasteiger partial charge in [0.25, 0.3) is 0 Å². The Morgan fingerprint density at radius 1 is 1.07 bits per heavy atom. The molecule has 4 nitrogen and oxygen atoms in total. The van der Waals surface area contributed by atoms with Crippen molar-refractivity contribution >= 4 is 16.7 Å². The quantitative estimate of drug-likeness (QED) is 0.737. The van der Waals surface area contributed by atoms with Crippen LogP contribution in [-0.4, -0.2) is 23.1 Å². The number of anilines is 1. The topological polar surface area (TPSA) is 51.9 Å². The Bertz CT molecular complexity index is 534. The van der Waals surface area contributed by atoms with Crippen LogP contribution in [0.1, 0.15) is 12.8 Å². The van der Waals surface area contributed by atoms with Crippen LogP contribution in [0.25, 0.3) is 11.0 Å². The molecule has 2 N–H and O–H groups in total. The van der Waals surface area contributed by atoms with Crippen LogP contribution >= 0.6 is 0 Å². The highest BCUT2D eigenvalue weighted by Gasteiger charge is 2.12. The van der Waals surface area contributed by atoms with Gasteiger partial charge in [0.1, 0.15) is 0 Å². The zero-order valence-corrected chi connectivity index (χ0v) is 8.42. The lowest BCUT2D eigenvalue weighted by atomic mass is 10.2. The molecule has 1 aliphatic heterocycles. The maximum absolute atomic E-state index is 11.1. The van der Waals surface area contributed by atoms with Gasteiger partial charge >= 0.3 is 5.69 Å². The molecule has 4 heteroatoms. The third-order valence-electron chi connectivity index (χ3n) is 2.97. The molecule has 0 unspecified atom stereocenters. The molecule has 1 aromatic heterocycles. The molecule has 0 atom stereocenters. The number of aromatic nitrogens is 2. The van der Waals surface area contributed by atoms with E-state index in [-0.39, 0.29) is 5.69 Å². The second kappa shape index (κ2) is 3.15. The molecule has 0 bridgehead atoms. The number of fused-ring (bicyclic) bond motifs is 1. The molecule has 0 spiro atoms. The highest BCUT2D eigenvalue weighted by atomic mass is 16.1. The van der Waals surface area contributed by atoms with Crippen molar-refractivity contribution < 1.29 is 0 Å². The fraction of sp³-hybridized carbons (Fsp3) is 0.364. The molecule has 2 aromatic rings. The van der Waals surface area contributed by atoms with Crippen molar-refractivity contribution in [2.24, 2.45) is 0 Å². The number of nitrogens with zero attached hydrogens (tertiary/aromatic N) is 1. The summed E-state index contributed by atoms with van der Waals surface area (Å²) in [5.41, 5.74) is 2.84. The third-order valence-corrected chi connectivity index (χ3v) is 2.97. The van der Waals surface area contributed by atoms with Gasteiger partial charge in [-0.3, -0.25) is 0 Å². The number of aromatic amines is 2. The van der Waals surface area contributed by atoms with E-state index >= 15 is 0 Å². The highest BCUT2D eigenvalue weighted by Crippen LogP contribution is 2.22. The molecule has 0 amide bonds. The summed E-state index contributed by atoms with van der Waals surface area (Å²) in [6.45, 7) is 2.25. The summed E-state index contributed by atoms with van der Waals surface area (Å²) in [5, 5.41) is 0. The van der Waals surface area contributed by atoms with Gasteiger partial charge in [-0.05, 0) is 31.0 Å². The molecule has 1 fully saturated rings. The Labute approximate surface area is 86.9 Å². The maximum atomic E-state index is 11.1. The van der Waals surface area contributed by atoms with E-state index in [1.165, 1.54) is 18.5 Å². The zero-order valence-electron chi connectivity index (χ0n) is 8.42. The summed E-state index contributed by atoms with van der Waals surface area (Å²) in [5.74, 6) is 0. The first kappa shape index (κ1) is 8.59. The van der Waals surface area contributed by atoms with Crippen LogP contribution in [0.5, 0.6) is 0 Å². The largest absolute Gasteiger partial charge is 0.371 e. The Morgan fingerprint density at radius 3 is 2.60 bits per heavy atom. The predicted molar refractivity (Wildman–Crippen MR) is 60.4 cm³/mol.